The molecule has 6 nitrogen and oxygen atoms in total. The molecular weight excluding hydrogens is 260 g/mol. The van der Waals surface area contributed by atoms with Gasteiger partial charge in [-0.05, 0) is 11.8 Å². The number of piperidine rings is 1. The van der Waals surface area contributed by atoms with E-state index in [0.717, 1.165) is 0 Å². The fourth-order valence-electron chi connectivity index (χ4n) is 2.73. The molecule has 0 amide bonds. The second-order valence-electron chi connectivity index (χ2n) is 5.45. The van der Waals surface area contributed by atoms with Crippen LogP contribution in [-0.2, 0) is 6.54 Å². The summed E-state index contributed by atoms with van der Waals surface area (Å²) in [5.41, 5.74) is 0.733. The van der Waals surface area contributed by atoms with Crippen molar-refractivity contribution in [3.8, 4) is 0 Å². The number of likely N-dealkylation sites (tertiary alicyclic amines) is 1. The van der Waals surface area contributed by atoms with Crippen molar-refractivity contribution in [3.63, 3.8) is 0 Å². The highest BCUT2D eigenvalue weighted by Gasteiger charge is 2.33. The van der Waals surface area contributed by atoms with Gasteiger partial charge in [-0.25, -0.2) is 0 Å². The quantitative estimate of drug-likeness (QED) is 0.635. The van der Waals surface area contributed by atoms with Gasteiger partial charge < -0.3 is 10.2 Å². The van der Waals surface area contributed by atoms with Gasteiger partial charge in [0, 0.05) is 37.9 Å². The average molecular weight is 280 g/mol. The lowest BCUT2D eigenvalue weighted by atomic mass is 9.85. The first kappa shape index (κ1) is 14.9. The Balaban J connectivity index is 2.12. The lowest BCUT2D eigenvalue weighted by Gasteiger charge is -2.39. The fraction of sp³-hybridized carbons (Fsp3) is 0.571. The number of nitro benzene ring substituents is 1. The van der Waals surface area contributed by atoms with Crippen LogP contribution in [0, 0.1) is 22.0 Å². The molecule has 0 spiro atoms. The van der Waals surface area contributed by atoms with Crippen LogP contribution in [0.3, 0.4) is 0 Å². The summed E-state index contributed by atoms with van der Waals surface area (Å²) in [6.45, 7) is 3.47. The normalized spacial score (nSPS) is 27.4. The van der Waals surface area contributed by atoms with Gasteiger partial charge >= 0.3 is 0 Å². The third-order valence-corrected chi connectivity index (χ3v) is 4.11. The summed E-state index contributed by atoms with van der Waals surface area (Å²) >= 11 is 0. The molecule has 3 atom stereocenters. The summed E-state index contributed by atoms with van der Waals surface area (Å²) in [6.07, 6.45) is -0.510. The highest BCUT2D eigenvalue weighted by atomic mass is 16.6. The summed E-state index contributed by atoms with van der Waals surface area (Å²) in [4.78, 5) is 12.6. The number of aliphatic hydroxyl groups is 2. The van der Waals surface area contributed by atoms with Crippen LogP contribution in [0.1, 0.15) is 12.5 Å². The Kier molecular flexibility index (Phi) is 4.69. The standard InChI is InChI=1S/C14H20N2O4/c1-10-12(9-17)7-15(8-14(10)18)6-11-4-2-3-5-13(11)16(19)20/h2-5,10,12,14,17-18H,6-9H2,1H3. The lowest BCUT2D eigenvalue weighted by Crippen LogP contribution is -2.49. The van der Waals surface area contributed by atoms with Crippen molar-refractivity contribution in [1.82, 2.24) is 4.90 Å². The number of hydrogen-bond acceptors (Lipinski definition) is 5. The second-order valence-corrected chi connectivity index (χ2v) is 5.45. The number of nitrogens with zero attached hydrogens (tertiary/aromatic N) is 2. The first-order valence-electron chi connectivity index (χ1n) is 6.76. The van der Waals surface area contributed by atoms with Crippen molar-refractivity contribution in [3.05, 3.63) is 39.9 Å². The fourth-order valence-corrected chi connectivity index (χ4v) is 2.73. The van der Waals surface area contributed by atoms with Crippen LogP contribution >= 0.6 is 0 Å². The van der Waals surface area contributed by atoms with Gasteiger partial charge in [0.05, 0.1) is 11.0 Å². The highest BCUT2D eigenvalue weighted by Crippen LogP contribution is 2.26. The van der Waals surface area contributed by atoms with Crippen molar-refractivity contribution >= 4 is 5.69 Å². The van der Waals surface area contributed by atoms with Gasteiger partial charge in [0.1, 0.15) is 0 Å². The zero-order chi connectivity index (χ0) is 14.7. The summed E-state index contributed by atoms with van der Waals surface area (Å²) in [5.74, 6) is 0.0449. The highest BCUT2D eigenvalue weighted by molar-refractivity contribution is 5.39. The van der Waals surface area contributed by atoms with Crippen LogP contribution in [0.25, 0.3) is 0 Å². The van der Waals surface area contributed by atoms with E-state index in [2.05, 4.69) is 0 Å². The molecule has 1 aromatic carbocycles. The molecule has 2 rings (SSSR count). The summed E-state index contributed by atoms with van der Waals surface area (Å²) in [6, 6.07) is 6.64. The minimum atomic E-state index is -0.510. The van der Waals surface area contributed by atoms with Crippen LogP contribution in [0.2, 0.25) is 0 Å². The first-order chi connectivity index (χ1) is 9.52. The maximum absolute atomic E-state index is 11.0. The molecule has 1 aliphatic rings. The van der Waals surface area contributed by atoms with E-state index in [1.807, 2.05) is 11.8 Å². The number of aliphatic hydroxyl groups excluding tert-OH is 2. The molecule has 110 valence electrons. The van der Waals surface area contributed by atoms with Gasteiger partial charge in [-0.2, -0.15) is 0 Å². The summed E-state index contributed by atoms with van der Waals surface area (Å²) in [5, 5.41) is 30.4. The number of β-amino-alcohol motifs (C(OH)–C–C–N with tert-alkyl or cyclic N) is 1. The Labute approximate surface area is 117 Å². The molecule has 0 bridgehead atoms. The van der Waals surface area contributed by atoms with Gasteiger partial charge in [-0.1, -0.05) is 25.1 Å². The van der Waals surface area contributed by atoms with E-state index < -0.39 is 6.10 Å². The number of rotatable bonds is 4. The number of nitro groups is 1. The minimum absolute atomic E-state index is 0.00141. The van der Waals surface area contributed by atoms with E-state index in [-0.39, 0.29) is 29.1 Å². The van der Waals surface area contributed by atoms with E-state index in [0.29, 0.717) is 25.2 Å². The predicted octanol–water partition coefficient (Wildman–Crippen LogP) is 1.02. The van der Waals surface area contributed by atoms with E-state index in [1.165, 1.54) is 6.07 Å². The molecule has 2 N–H and O–H groups in total. The molecule has 6 heteroatoms. The SMILES string of the molecule is CC1C(O)CN(Cc2ccccc2[N+](=O)[O-])CC1CO. The maximum Gasteiger partial charge on any atom is 0.273 e. The molecule has 0 saturated carbocycles. The van der Waals surface area contributed by atoms with Crippen LogP contribution in [0.4, 0.5) is 5.69 Å². The van der Waals surface area contributed by atoms with Crippen molar-refractivity contribution in [1.29, 1.82) is 0 Å². The van der Waals surface area contributed by atoms with Crippen LogP contribution in [0.15, 0.2) is 24.3 Å². The van der Waals surface area contributed by atoms with E-state index in [1.54, 1.807) is 18.2 Å². The van der Waals surface area contributed by atoms with E-state index in [9.17, 15) is 20.3 Å². The lowest BCUT2D eigenvalue weighted by molar-refractivity contribution is -0.385. The van der Waals surface area contributed by atoms with Crippen LogP contribution in [0.5, 0.6) is 0 Å². The van der Waals surface area contributed by atoms with Crippen molar-refractivity contribution in [2.75, 3.05) is 19.7 Å². The van der Waals surface area contributed by atoms with Gasteiger partial charge in [-0.3, -0.25) is 15.0 Å². The zero-order valence-corrected chi connectivity index (χ0v) is 11.5. The molecule has 0 aliphatic carbocycles. The summed E-state index contributed by atoms with van der Waals surface area (Å²) < 4.78 is 0. The summed E-state index contributed by atoms with van der Waals surface area (Å²) in [7, 11) is 0. The van der Waals surface area contributed by atoms with Crippen LogP contribution in [-0.4, -0.2) is 45.8 Å². The van der Waals surface area contributed by atoms with Gasteiger partial charge in [0.2, 0.25) is 0 Å². The third kappa shape index (κ3) is 3.15. The molecule has 1 fully saturated rings. The molecular formula is C14H20N2O4. The average Bonchev–Trinajstić information content (AvgIpc) is 2.43. The van der Waals surface area contributed by atoms with Crippen molar-refractivity contribution < 1.29 is 15.1 Å². The smallest absolute Gasteiger partial charge is 0.273 e. The molecule has 3 unspecified atom stereocenters. The monoisotopic (exact) mass is 280 g/mol. The minimum Gasteiger partial charge on any atom is -0.396 e. The Bertz CT molecular complexity index is 480. The van der Waals surface area contributed by atoms with Gasteiger partial charge in [-0.15, -0.1) is 0 Å². The van der Waals surface area contributed by atoms with Crippen LogP contribution < -0.4 is 0 Å². The third-order valence-electron chi connectivity index (χ3n) is 4.11. The predicted molar refractivity (Wildman–Crippen MR) is 74.1 cm³/mol. The van der Waals surface area contributed by atoms with Gasteiger partial charge in [0.15, 0.2) is 0 Å². The Hall–Kier alpha value is -1.50. The number of para-hydroxylation sites is 1. The van der Waals surface area contributed by atoms with E-state index >= 15 is 0 Å². The molecule has 0 radical (unpaired) electrons. The second kappa shape index (κ2) is 6.30. The van der Waals surface area contributed by atoms with E-state index in [4.69, 9.17) is 0 Å². The van der Waals surface area contributed by atoms with Crippen molar-refractivity contribution in [2.24, 2.45) is 11.8 Å². The van der Waals surface area contributed by atoms with Gasteiger partial charge in [0.25, 0.3) is 5.69 Å². The largest absolute Gasteiger partial charge is 0.396 e. The Morgan fingerprint density at radius 1 is 1.40 bits per heavy atom. The molecule has 1 heterocycles. The number of benzene rings is 1. The first-order valence-corrected chi connectivity index (χ1v) is 6.76. The Morgan fingerprint density at radius 3 is 2.75 bits per heavy atom. The molecule has 1 aliphatic heterocycles. The van der Waals surface area contributed by atoms with Crippen molar-refractivity contribution in [2.45, 2.75) is 19.6 Å². The molecule has 1 saturated heterocycles. The molecule has 20 heavy (non-hydrogen) atoms. The topological polar surface area (TPSA) is 86.8 Å². The molecule has 1 aromatic rings. The maximum atomic E-state index is 11.0. The molecule has 0 aromatic heterocycles. The Morgan fingerprint density at radius 2 is 2.10 bits per heavy atom. The number of hydrogen-bond donors (Lipinski definition) is 2. The zero-order valence-electron chi connectivity index (χ0n) is 11.5.